The van der Waals surface area contributed by atoms with E-state index in [0.717, 1.165) is 5.56 Å². The number of rotatable bonds is 6. The highest BCUT2D eigenvalue weighted by molar-refractivity contribution is 6.31. The fourth-order valence-electron chi connectivity index (χ4n) is 3.73. The van der Waals surface area contributed by atoms with Crippen molar-refractivity contribution in [2.45, 2.75) is 13.0 Å². The summed E-state index contributed by atoms with van der Waals surface area (Å²) in [7, 11) is 0. The van der Waals surface area contributed by atoms with Gasteiger partial charge in [0.1, 0.15) is 22.9 Å². The molecule has 0 fully saturated rings. The monoisotopic (exact) mass is 413 g/mol. The van der Waals surface area contributed by atoms with Gasteiger partial charge in [-0.2, -0.15) is 5.10 Å². The number of H-pyrrole nitrogens is 1. The summed E-state index contributed by atoms with van der Waals surface area (Å²) in [6.45, 7) is 2.40. The summed E-state index contributed by atoms with van der Waals surface area (Å²) in [4.78, 5) is 14.6. The molecule has 0 bridgehead atoms. The van der Waals surface area contributed by atoms with E-state index in [4.69, 9.17) is 16.3 Å². The predicted molar refractivity (Wildman–Crippen MR) is 108 cm³/mol. The van der Waals surface area contributed by atoms with E-state index in [-0.39, 0.29) is 24.8 Å². The number of aromatic amines is 1. The number of nitrogens with zero attached hydrogens (tertiary/aromatic N) is 2. The maximum absolute atomic E-state index is 13.0. The van der Waals surface area contributed by atoms with E-state index in [9.17, 15) is 15.0 Å². The van der Waals surface area contributed by atoms with Crippen LogP contribution in [0.1, 0.15) is 34.6 Å². The summed E-state index contributed by atoms with van der Waals surface area (Å²) in [5, 5.41) is 27.5. The van der Waals surface area contributed by atoms with Crippen LogP contribution in [0.4, 0.5) is 0 Å². The smallest absolute Gasteiger partial charge is 0.273 e. The molecule has 7 nitrogen and oxygen atoms in total. The molecule has 0 radical (unpaired) electrons. The van der Waals surface area contributed by atoms with Crippen LogP contribution in [0.5, 0.6) is 11.5 Å². The van der Waals surface area contributed by atoms with E-state index in [2.05, 4.69) is 10.2 Å². The number of nitrogens with one attached hydrogen (secondary N) is 1. The van der Waals surface area contributed by atoms with Gasteiger partial charge in [0, 0.05) is 22.7 Å². The number of phenolic OH excluding ortho intramolecular Hbond substituents is 1. The number of carbonyl (C=O) groups excluding carboxylic acids is 1. The van der Waals surface area contributed by atoms with Crippen LogP contribution in [-0.2, 0) is 0 Å². The molecule has 150 valence electrons. The molecule has 2 heterocycles. The van der Waals surface area contributed by atoms with Crippen LogP contribution in [0.15, 0.2) is 42.5 Å². The first-order valence-corrected chi connectivity index (χ1v) is 9.64. The number of carbonyl (C=O) groups is 1. The lowest BCUT2D eigenvalue weighted by atomic mass is 9.95. The number of benzene rings is 2. The largest absolute Gasteiger partial charge is 0.507 e. The highest BCUT2D eigenvalue weighted by Crippen LogP contribution is 2.45. The quantitative estimate of drug-likeness (QED) is 0.575. The number of fused-ring (bicyclic) bond motifs is 1. The van der Waals surface area contributed by atoms with Crippen molar-refractivity contribution < 1.29 is 19.7 Å². The molecule has 1 amide bonds. The zero-order valence-corrected chi connectivity index (χ0v) is 16.5. The van der Waals surface area contributed by atoms with E-state index in [1.54, 1.807) is 17.0 Å². The third kappa shape index (κ3) is 3.32. The summed E-state index contributed by atoms with van der Waals surface area (Å²) in [5.74, 6) is 0.435. The summed E-state index contributed by atoms with van der Waals surface area (Å²) >= 11 is 6.12. The number of phenols is 1. The summed E-state index contributed by atoms with van der Waals surface area (Å²) < 4.78 is 5.61. The molecule has 0 spiro atoms. The Morgan fingerprint density at radius 2 is 2.10 bits per heavy atom. The molecule has 3 aromatic rings. The standard InChI is InChI=1S/C21H20ClN3O4/c1-2-29-14-5-3-4-12(10-14)20-17-18(15-11-13(22)6-7-16(15)27)23-24-19(17)21(28)25(20)8-9-26/h3-7,10-11,20,26-27H,2,8-9H2,1H3,(H,23,24). The average molecular weight is 414 g/mol. The Morgan fingerprint density at radius 3 is 2.86 bits per heavy atom. The van der Waals surface area contributed by atoms with Crippen molar-refractivity contribution in [3.63, 3.8) is 0 Å². The van der Waals surface area contributed by atoms with Crippen LogP contribution in [0, 0.1) is 0 Å². The fraction of sp³-hybridized carbons (Fsp3) is 0.238. The summed E-state index contributed by atoms with van der Waals surface area (Å²) in [5.41, 5.74) is 2.66. The van der Waals surface area contributed by atoms with Gasteiger partial charge in [0.15, 0.2) is 0 Å². The van der Waals surface area contributed by atoms with Crippen LogP contribution in [0.3, 0.4) is 0 Å². The zero-order chi connectivity index (χ0) is 20.5. The molecule has 8 heteroatoms. The number of halogens is 1. The van der Waals surface area contributed by atoms with Gasteiger partial charge in [0.2, 0.25) is 0 Å². The number of hydrogen-bond acceptors (Lipinski definition) is 5. The Kier molecular flexibility index (Phi) is 5.17. The van der Waals surface area contributed by atoms with Crippen molar-refractivity contribution in [3.05, 3.63) is 64.3 Å². The highest BCUT2D eigenvalue weighted by Gasteiger charge is 2.42. The van der Waals surface area contributed by atoms with Crippen LogP contribution >= 0.6 is 11.6 Å². The molecule has 1 aliphatic heterocycles. The molecule has 4 rings (SSSR count). The number of aliphatic hydroxyl groups excluding tert-OH is 1. The molecule has 0 saturated heterocycles. The number of ether oxygens (including phenoxy) is 1. The Bertz CT molecular complexity index is 1070. The van der Waals surface area contributed by atoms with Gasteiger partial charge in [0.05, 0.1) is 19.3 Å². The Balaban J connectivity index is 1.90. The highest BCUT2D eigenvalue weighted by atomic mass is 35.5. The third-order valence-electron chi connectivity index (χ3n) is 4.90. The lowest BCUT2D eigenvalue weighted by Gasteiger charge is -2.26. The second-order valence-electron chi connectivity index (χ2n) is 6.65. The van der Waals surface area contributed by atoms with E-state index < -0.39 is 6.04 Å². The molecular formula is C21H20ClN3O4. The number of hydrogen-bond donors (Lipinski definition) is 3. The maximum atomic E-state index is 13.0. The van der Waals surface area contributed by atoms with Crippen molar-refractivity contribution in [1.82, 2.24) is 15.1 Å². The van der Waals surface area contributed by atoms with Crippen LogP contribution in [0.2, 0.25) is 5.02 Å². The number of aliphatic hydroxyl groups is 1. The number of amides is 1. The maximum Gasteiger partial charge on any atom is 0.273 e. The number of aromatic hydroxyl groups is 1. The van der Waals surface area contributed by atoms with Gasteiger partial charge in [-0.1, -0.05) is 23.7 Å². The summed E-state index contributed by atoms with van der Waals surface area (Å²) in [6.07, 6.45) is 0. The van der Waals surface area contributed by atoms with Crippen molar-refractivity contribution in [1.29, 1.82) is 0 Å². The molecule has 0 saturated carbocycles. The van der Waals surface area contributed by atoms with Gasteiger partial charge in [-0.15, -0.1) is 0 Å². The van der Waals surface area contributed by atoms with Crippen LogP contribution in [0.25, 0.3) is 11.3 Å². The van der Waals surface area contributed by atoms with Crippen LogP contribution in [-0.4, -0.2) is 51.0 Å². The van der Waals surface area contributed by atoms with E-state index in [1.807, 2.05) is 31.2 Å². The minimum Gasteiger partial charge on any atom is -0.507 e. The minimum atomic E-state index is -0.489. The first-order valence-electron chi connectivity index (χ1n) is 9.26. The molecular weight excluding hydrogens is 394 g/mol. The molecule has 1 aliphatic rings. The van der Waals surface area contributed by atoms with Gasteiger partial charge in [-0.3, -0.25) is 9.89 Å². The average Bonchev–Trinajstić information content (AvgIpc) is 3.24. The topological polar surface area (TPSA) is 98.7 Å². The molecule has 2 aromatic carbocycles. The zero-order valence-electron chi connectivity index (χ0n) is 15.7. The summed E-state index contributed by atoms with van der Waals surface area (Å²) in [6, 6.07) is 11.7. The van der Waals surface area contributed by atoms with Crippen molar-refractivity contribution in [3.8, 4) is 22.8 Å². The normalized spacial score (nSPS) is 15.6. The van der Waals surface area contributed by atoms with Crippen LogP contribution < -0.4 is 4.74 Å². The molecule has 29 heavy (non-hydrogen) atoms. The van der Waals surface area contributed by atoms with E-state index in [1.165, 1.54) is 6.07 Å². The second-order valence-corrected chi connectivity index (χ2v) is 7.09. The lowest BCUT2D eigenvalue weighted by Crippen LogP contribution is -2.32. The third-order valence-corrected chi connectivity index (χ3v) is 5.14. The van der Waals surface area contributed by atoms with Gasteiger partial charge < -0.3 is 19.8 Å². The van der Waals surface area contributed by atoms with Gasteiger partial charge in [-0.05, 0) is 42.8 Å². The second kappa shape index (κ2) is 7.77. The molecule has 1 unspecified atom stereocenters. The molecule has 0 aliphatic carbocycles. The fourth-order valence-corrected chi connectivity index (χ4v) is 3.90. The van der Waals surface area contributed by atoms with Gasteiger partial charge in [0.25, 0.3) is 5.91 Å². The Hall–Kier alpha value is -3.03. The minimum absolute atomic E-state index is 0.0126. The number of aromatic nitrogens is 2. The van der Waals surface area contributed by atoms with E-state index >= 15 is 0 Å². The van der Waals surface area contributed by atoms with Gasteiger partial charge in [-0.25, -0.2) is 0 Å². The number of β-amino-alcohol motifs (C(OH)–C–C–N with tert-alkyl or cyclic N) is 1. The Labute approximate surface area is 172 Å². The van der Waals surface area contributed by atoms with Crippen molar-refractivity contribution in [2.75, 3.05) is 19.8 Å². The van der Waals surface area contributed by atoms with Crippen molar-refractivity contribution in [2.24, 2.45) is 0 Å². The first kappa shape index (κ1) is 19.3. The van der Waals surface area contributed by atoms with E-state index in [0.29, 0.717) is 39.9 Å². The Morgan fingerprint density at radius 1 is 1.28 bits per heavy atom. The predicted octanol–water partition coefficient (Wildman–Crippen LogP) is 3.37. The first-order chi connectivity index (χ1) is 14.0. The molecule has 3 N–H and O–H groups in total. The molecule has 1 atom stereocenters. The molecule has 1 aromatic heterocycles. The SMILES string of the molecule is CCOc1cccc(C2c3c(-c4cc(Cl)ccc4O)n[nH]c3C(=O)N2CCO)c1. The van der Waals surface area contributed by atoms with Crippen molar-refractivity contribution >= 4 is 17.5 Å². The van der Waals surface area contributed by atoms with Gasteiger partial charge >= 0.3 is 0 Å². The lowest BCUT2D eigenvalue weighted by molar-refractivity contribution is 0.0706.